The molecular weight excluding hydrogens is 369 g/mol. The maximum atomic E-state index is 13.3. The summed E-state index contributed by atoms with van der Waals surface area (Å²) in [5.74, 6) is 0. The predicted molar refractivity (Wildman–Crippen MR) is 92.6 cm³/mol. The fraction of sp³-hybridized carbons (Fsp3) is 0.111. The van der Waals surface area contributed by atoms with E-state index in [1.165, 1.54) is 36.5 Å². The highest BCUT2D eigenvalue weighted by molar-refractivity contribution is 6.30. The van der Waals surface area contributed by atoms with Gasteiger partial charge in [0.25, 0.3) is 5.69 Å². The van der Waals surface area contributed by atoms with Crippen molar-refractivity contribution in [3.8, 4) is 16.8 Å². The van der Waals surface area contributed by atoms with Crippen LogP contribution in [0.1, 0.15) is 11.3 Å². The second-order valence-corrected chi connectivity index (χ2v) is 6.09. The van der Waals surface area contributed by atoms with Crippen molar-refractivity contribution < 1.29 is 18.1 Å². The monoisotopic (exact) mass is 380 g/mol. The van der Waals surface area contributed by atoms with Gasteiger partial charge in [-0.15, -0.1) is 0 Å². The minimum absolute atomic E-state index is 0.0712. The fourth-order valence-electron chi connectivity index (χ4n) is 2.84. The van der Waals surface area contributed by atoms with Crippen LogP contribution in [0.2, 0.25) is 5.02 Å². The van der Waals surface area contributed by atoms with Crippen molar-refractivity contribution in [3.63, 3.8) is 0 Å². The number of hydrogen-bond donors (Lipinski definition) is 0. The van der Waals surface area contributed by atoms with Crippen molar-refractivity contribution >= 4 is 17.3 Å². The number of halogens is 4. The molecule has 0 spiro atoms. The summed E-state index contributed by atoms with van der Waals surface area (Å²) in [5.41, 5.74) is -0.223. The zero-order valence-electron chi connectivity index (χ0n) is 13.4. The molecule has 0 aliphatic carbocycles. The second kappa shape index (κ2) is 6.49. The highest BCUT2D eigenvalue weighted by atomic mass is 35.5. The number of aryl methyl sites for hydroxylation is 1. The Kier molecular flexibility index (Phi) is 4.50. The van der Waals surface area contributed by atoms with Crippen LogP contribution in [0.25, 0.3) is 16.8 Å². The third kappa shape index (κ3) is 3.17. The highest BCUT2D eigenvalue weighted by Gasteiger charge is 2.35. The molecule has 0 aliphatic heterocycles. The quantitative estimate of drug-likeness (QED) is 0.411. The van der Waals surface area contributed by atoms with E-state index in [0.717, 1.165) is 10.6 Å². The molecule has 0 N–H and O–H groups in total. The molecule has 0 amide bonds. The van der Waals surface area contributed by atoms with Crippen LogP contribution >= 0.6 is 11.6 Å². The summed E-state index contributed by atoms with van der Waals surface area (Å²) in [7, 11) is 0. The third-order valence-electron chi connectivity index (χ3n) is 3.97. The number of hydrogen-bond acceptors (Lipinski definition) is 2. The topological polar surface area (TPSA) is 48.1 Å². The molecular formula is C18H12ClF3N2O2. The molecule has 1 aromatic heterocycles. The van der Waals surface area contributed by atoms with Crippen LogP contribution in [0.15, 0.2) is 54.7 Å². The molecule has 8 heteroatoms. The van der Waals surface area contributed by atoms with E-state index in [0.29, 0.717) is 16.1 Å². The Balaban J connectivity index is 2.38. The molecule has 0 fully saturated rings. The van der Waals surface area contributed by atoms with Crippen LogP contribution in [0, 0.1) is 17.0 Å². The van der Waals surface area contributed by atoms with Gasteiger partial charge in [-0.1, -0.05) is 29.8 Å². The van der Waals surface area contributed by atoms with Crippen molar-refractivity contribution in [2.24, 2.45) is 0 Å². The van der Waals surface area contributed by atoms with Gasteiger partial charge in [0.1, 0.15) is 5.69 Å². The van der Waals surface area contributed by atoms with Gasteiger partial charge in [0.05, 0.1) is 16.2 Å². The summed E-state index contributed by atoms with van der Waals surface area (Å²) in [6.07, 6.45) is -3.36. The first kappa shape index (κ1) is 18.0. The number of rotatable bonds is 3. The van der Waals surface area contributed by atoms with Gasteiger partial charge in [-0.3, -0.25) is 10.1 Å². The van der Waals surface area contributed by atoms with Gasteiger partial charge in [0.2, 0.25) is 0 Å². The van der Waals surface area contributed by atoms with Crippen LogP contribution in [0.4, 0.5) is 18.9 Å². The Hall–Kier alpha value is -2.80. The first-order valence-corrected chi connectivity index (χ1v) is 7.87. The van der Waals surface area contributed by atoms with Crippen LogP contribution in [0.3, 0.4) is 0 Å². The average molecular weight is 381 g/mol. The van der Waals surface area contributed by atoms with Crippen molar-refractivity contribution in [2.45, 2.75) is 13.1 Å². The number of nitro benzene ring substituents is 1. The second-order valence-electron chi connectivity index (χ2n) is 5.65. The van der Waals surface area contributed by atoms with Gasteiger partial charge >= 0.3 is 6.18 Å². The van der Waals surface area contributed by atoms with E-state index in [9.17, 15) is 23.3 Å². The molecule has 26 heavy (non-hydrogen) atoms. The molecule has 3 aromatic rings. The summed E-state index contributed by atoms with van der Waals surface area (Å²) in [4.78, 5) is 11.1. The smallest absolute Gasteiger partial charge is 0.312 e. The van der Waals surface area contributed by atoms with Gasteiger partial charge < -0.3 is 4.57 Å². The predicted octanol–water partition coefficient (Wildman–Crippen LogP) is 6.03. The van der Waals surface area contributed by atoms with Gasteiger partial charge in [-0.05, 0) is 42.8 Å². The van der Waals surface area contributed by atoms with E-state index in [-0.39, 0.29) is 16.9 Å². The molecule has 0 aliphatic rings. The van der Waals surface area contributed by atoms with Crippen molar-refractivity contribution in [1.82, 2.24) is 4.57 Å². The fourth-order valence-corrected chi connectivity index (χ4v) is 2.97. The molecule has 4 nitrogen and oxygen atoms in total. The van der Waals surface area contributed by atoms with Gasteiger partial charge in [-0.25, -0.2) is 0 Å². The lowest BCUT2D eigenvalue weighted by Gasteiger charge is -2.17. The first-order chi connectivity index (χ1) is 12.2. The van der Waals surface area contributed by atoms with E-state index in [1.54, 1.807) is 19.1 Å². The Morgan fingerprint density at radius 2 is 1.73 bits per heavy atom. The maximum absolute atomic E-state index is 13.3. The van der Waals surface area contributed by atoms with Crippen LogP contribution in [0.5, 0.6) is 0 Å². The van der Waals surface area contributed by atoms with E-state index in [1.807, 2.05) is 0 Å². The van der Waals surface area contributed by atoms with Crippen LogP contribution < -0.4 is 0 Å². The molecule has 3 rings (SSSR count). The summed E-state index contributed by atoms with van der Waals surface area (Å²) in [5, 5.41) is 12.1. The molecule has 0 bridgehead atoms. The maximum Gasteiger partial charge on any atom is 0.431 e. The van der Waals surface area contributed by atoms with E-state index < -0.39 is 16.8 Å². The first-order valence-electron chi connectivity index (χ1n) is 7.49. The number of nitro groups is 1. The largest absolute Gasteiger partial charge is 0.431 e. The van der Waals surface area contributed by atoms with Crippen molar-refractivity contribution in [3.05, 3.63) is 81.1 Å². The lowest BCUT2D eigenvalue weighted by Crippen LogP contribution is -2.13. The van der Waals surface area contributed by atoms with Gasteiger partial charge in [0, 0.05) is 16.8 Å². The molecule has 0 unspecified atom stereocenters. The number of alkyl halides is 3. The van der Waals surface area contributed by atoms with Crippen LogP contribution in [-0.4, -0.2) is 9.49 Å². The Morgan fingerprint density at radius 3 is 2.31 bits per heavy atom. The average Bonchev–Trinajstić information content (AvgIpc) is 3.04. The summed E-state index contributed by atoms with van der Waals surface area (Å²) in [6.45, 7) is 1.54. The van der Waals surface area contributed by atoms with Crippen LogP contribution in [-0.2, 0) is 6.18 Å². The Morgan fingerprint density at radius 1 is 1.08 bits per heavy atom. The molecule has 0 saturated heterocycles. The molecule has 0 radical (unpaired) electrons. The van der Waals surface area contributed by atoms with E-state index >= 15 is 0 Å². The van der Waals surface area contributed by atoms with Gasteiger partial charge in [0.15, 0.2) is 0 Å². The molecule has 0 atom stereocenters. The lowest BCUT2D eigenvalue weighted by molar-refractivity contribution is -0.384. The number of benzene rings is 2. The zero-order chi connectivity index (χ0) is 19.1. The van der Waals surface area contributed by atoms with Crippen molar-refractivity contribution in [1.29, 1.82) is 0 Å². The highest BCUT2D eigenvalue weighted by Crippen LogP contribution is 2.40. The Bertz CT molecular complexity index is 979. The van der Waals surface area contributed by atoms with E-state index in [2.05, 4.69) is 0 Å². The minimum atomic E-state index is -4.60. The molecule has 2 aromatic carbocycles. The normalized spacial score (nSPS) is 11.6. The third-order valence-corrected chi connectivity index (χ3v) is 4.22. The zero-order valence-corrected chi connectivity index (χ0v) is 14.2. The van der Waals surface area contributed by atoms with Gasteiger partial charge in [-0.2, -0.15) is 13.2 Å². The summed E-state index contributed by atoms with van der Waals surface area (Å²) >= 11 is 5.87. The summed E-state index contributed by atoms with van der Waals surface area (Å²) in [6, 6.07) is 11.2. The van der Waals surface area contributed by atoms with Crippen molar-refractivity contribution in [2.75, 3.05) is 0 Å². The Labute approximate surface area is 151 Å². The molecule has 134 valence electrons. The molecule has 1 heterocycles. The molecule has 0 saturated carbocycles. The summed E-state index contributed by atoms with van der Waals surface area (Å²) < 4.78 is 40.9. The van der Waals surface area contributed by atoms with E-state index in [4.69, 9.17) is 11.6 Å². The minimum Gasteiger partial charge on any atom is -0.312 e. The SMILES string of the molecule is Cc1ccc(-n2cccc2C(F)(F)F)c(-c2ccc(Cl)cc2)c1[N+](=O)[O-]. The lowest BCUT2D eigenvalue weighted by atomic mass is 9.98. The standard InChI is InChI=1S/C18H12ClF3N2O2/c1-11-4-9-14(23-10-2-3-15(23)18(20,21)22)16(17(11)24(25)26)12-5-7-13(19)8-6-12/h2-10H,1H3. The number of aromatic nitrogens is 1. The number of nitrogens with zero attached hydrogens (tertiary/aromatic N) is 2.